The highest BCUT2D eigenvalue weighted by Crippen LogP contribution is 2.27. The van der Waals surface area contributed by atoms with Gasteiger partial charge in [0.1, 0.15) is 10.6 Å². The second kappa shape index (κ2) is 6.63. The molecular weight excluding hydrogens is 403 g/mol. The minimum absolute atomic E-state index is 0.0843. The Morgan fingerprint density at radius 1 is 1.24 bits per heavy atom. The van der Waals surface area contributed by atoms with E-state index in [1.165, 1.54) is 13.2 Å². The molecule has 5 nitrogen and oxygen atoms in total. The molecule has 7 heteroatoms. The average molecular weight is 418 g/mol. The van der Waals surface area contributed by atoms with E-state index in [-0.39, 0.29) is 10.6 Å². The molecule has 3 N–H and O–H groups in total. The van der Waals surface area contributed by atoms with Gasteiger partial charge in [0.05, 0.1) is 7.11 Å². The van der Waals surface area contributed by atoms with Gasteiger partial charge in [0.15, 0.2) is 0 Å². The number of anilines is 1. The van der Waals surface area contributed by atoms with E-state index >= 15 is 0 Å². The van der Waals surface area contributed by atoms with Gasteiger partial charge in [-0.2, -0.15) is 0 Å². The predicted molar refractivity (Wildman–Crippen MR) is 90.9 cm³/mol. The van der Waals surface area contributed by atoms with Crippen LogP contribution in [0.4, 0.5) is 5.69 Å². The molecule has 0 aliphatic carbocycles. The number of rotatable bonds is 5. The van der Waals surface area contributed by atoms with Crippen LogP contribution in [0.15, 0.2) is 47.4 Å². The van der Waals surface area contributed by atoms with Crippen LogP contribution in [0.5, 0.6) is 5.75 Å². The Kier molecular flexibility index (Phi) is 5.07. The van der Waals surface area contributed by atoms with Gasteiger partial charge in [-0.1, -0.05) is 12.1 Å². The van der Waals surface area contributed by atoms with Crippen LogP contribution >= 0.6 is 22.6 Å². The number of sulfonamides is 1. The van der Waals surface area contributed by atoms with Crippen LogP contribution in [0, 0.1) is 3.57 Å². The summed E-state index contributed by atoms with van der Waals surface area (Å²) in [5.74, 6) is 0.274. The second-order valence-corrected chi connectivity index (χ2v) is 7.20. The molecular formula is C14H15IN2O3S. The summed E-state index contributed by atoms with van der Waals surface area (Å²) in [5.41, 5.74) is 6.86. The maximum absolute atomic E-state index is 12.5. The molecule has 0 aliphatic rings. The molecule has 0 spiro atoms. The number of ether oxygens (including phenoxy) is 1. The van der Waals surface area contributed by atoms with Crippen LogP contribution < -0.4 is 15.2 Å². The summed E-state index contributed by atoms with van der Waals surface area (Å²) in [4.78, 5) is 0.0843. The van der Waals surface area contributed by atoms with E-state index in [0.29, 0.717) is 12.2 Å². The van der Waals surface area contributed by atoms with Gasteiger partial charge in [0.2, 0.25) is 0 Å². The van der Waals surface area contributed by atoms with E-state index in [4.69, 9.17) is 10.5 Å². The summed E-state index contributed by atoms with van der Waals surface area (Å²) in [6, 6.07) is 11.9. The smallest absolute Gasteiger partial charge is 0.265 e. The molecule has 0 aliphatic heterocycles. The lowest BCUT2D eigenvalue weighted by Crippen LogP contribution is -2.14. The quantitative estimate of drug-likeness (QED) is 0.732. The van der Waals surface area contributed by atoms with Crippen LogP contribution in [-0.2, 0) is 16.6 Å². The van der Waals surface area contributed by atoms with Crippen LogP contribution in [-0.4, -0.2) is 15.5 Å². The normalized spacial score (nSPS) is 11.2. The van der Waals surface area contributed by atoms with E-state index in [9.17, 15) is 8.42 Å². The zero-order valence-corrected chi connectivity index (χ0v) is 14.3. The molecule has 0 unspecified atom stereocenters. The van der Waals surface area contributed by atoms with Gasteiger partial charge in [-0.3, -0.25) is 4.72 Å². The fraction of sp³-hybridized carbons (Fsp3) is 0.143. The van der Waals surface area contributed by atoms with Crippen LogP contribution in [0.2, 0.25) is 0 Å². The van der Waals surface area contributed by atoms with Crippen molar-refractivity contribution in [3.8, 4) is 5.75 Å². The molecule has 0 saturated carbocycles. The molecule has 0 heterocycles. The van der Waals surface area contributed by atoms with Crippen molar-refractivity contribution < 1.29 is 13.2 Å². The number of hydrogen-bond acceptors (Lipinski definition) is 4. The number of hydrogen-bond donors (Lipinski definition) is 2. The van der Waals surface area contributed by atoms with Crippen LogP contribution in [0.3, 0.4) is 0 Å². The minimum Gasteiger partial charge on any atom is -0.495 e. The molecule has 0 atom stereocenters. The standard InChI is InChI=1S/C14H15IN2O3S/c1-20-13-7-10(9-16)5-6-14(13)21(18,19)17-12-4-2-3-11(15)8-12/h2-8,17H,9,16H2,1H3. The van der Waals surface area contributed by atoms with Gasteiger partial charge in [-0.15, -0.1) is 0 Å². The Bertz CT molecular complexity index is 748. The maximum Gasteiger partial charge on any atom is 0.265 e. The van der Waals surface area contributed by atoms with Crippen molar-refractivity contribution in [2.24, 2.45) is 5.73 Å². The molecule has 2 aromatic rings. The van der Waals surface area contributed by atoms with E-state index in [1.54, 1.807) is 30.3 Å². The summed E-state index contributed by atoms with van der Waals surface area (Å²) in [7, 11) is -2.29. The van der Waals surface area contributed by atoms with Gasteiger partial charge in [0.25, 0.3) is 10.0 Å². The Balaban J connectivity index is 2.40. The fourth-order valence-corrected chi connectivity index (χ4v) is 3.57. The van der Waals surface area contributed by atoms with Crippen molar-refractivity contribution in [2.45, 2.75) is 11.4 Å². The van der Waals surface area contributed by atoms with Gasteiger partial charge < -0.3 is 10.5 Å². The zero-order chi connectivity index (χ0) is 15.5. The fourth-order valence-electron chi connectivity index (χ4n) is 1.82. The molecule has 0 bridgehead atoms. The highest BCUT2D eigenvalue weighted by Gasteiger charge is 2.20. The lowest BCUT2D eigenvalue weighted by molar-refractivity contribution is 0.402. The second-order valence-electron chi connectivity index (χ2n) is 4.31. The number of benzene rings is 2. The lowest BCUT2D eigenvalue weighted by Gasteiger charge is -2.12. The first-order chi connectivity index (χ1) is 9.96. The summed E-state index contributed by atoms with van der Waals surface area (Å²) < 4.78 is 33.6. The number of methoxy groups -OCH3 is 1. The molecule has 0 fully saturated rings. The van der Waals surface area contributed by atoms with E-state index in [2.05, 4.69) is 27.3 Å². The van der Waals surface area contributed by atoms with Crippen molar-refractivity contribution >= 4 is 38.3 Å². The lowest BCUT2D eigenvalue weighted by atomic mass is 10.2. The maximum atomic E-state index is 12.5. The summed E-state index contributed by atoms with van der Waals surface area (Å²) in [5, 5.41) is 0. The zero-order valence-electron chi connectivity index (χ0n) is 11.3. The molecule has 0 radical (unpaired) electrons. The van der Waals surface area contributed by atoms with Crippen molar-refractivity contribution in [3.05, 3.63) is 51.6 Å². The highest BCUT2D eigenvalue weighted by molar-refractivity contribution is 14.1. The number of nitrogens with two attached hydrogens (primary N) is 1. The topological polar surface area (TPSA) is 81.4 Å². The molecule has 2 aromatic carbocycles. The first-order valence-electron chi connectivity index (χ1n) is 6.11. The molecule has 2 rings (SSSR count). The third-order valence-electron chi connectivity index (χ3n) is 2.83. The molecule has 0 amide bonds. The van der Waals surface area contributed by atoms with Gasteiger partial charge >= 0.3 is 0 Å². The Morgan fingerprint density at radius 2 is 2.00 bits per heavy atom. The van der Waals surface area contributed by atoms with Crippen molar-refractivity contribution in [2.75, 3.05) is 11.8 Å². The number of nitrogens with one attached hydrogen (secondary N) is 1. The van der Waals surface area contributed by atoms with Crippen LogP contribution in [0.25, 0.3) is 0 Å². The minimum atomic E-state index is -3.72. The molecule has 0 saturated heterocycles. The molecule has 0 aromatic heterocycles. The first kappa shape index (κ1) is 16.1. The van der Waals surface area contributed by atoms with Crippen LogP contribution in [0.1, 0.15) is 5.56 Å². The third kappa shape index (κ3) is 3.86. The largest absolute Gasteiger partial charge is 0.495 e. The molecule has 112 valence electrons. The predicted octanol–water partition coefficient (Wildman–Crippen LogP) is 2.56. The molecule has 21 heavy (non-hydrogen) atoms. The summed E-state index contributed by atoms with van der Waals surface area (Å²) in [6.45, 7) is 0.320. The Hall–Kier alpha value is -1.32. The summed E-state index contributed by atoms with van der Waals surface area (Å²) >= 11 is 2.12. The monoisotopic (exact) mass is 418 g/mol. The van der Waals surface area contributed by atoms with Crippen molar-refractivity contribution in [3.63, 3.8) is 0 Å². The third-order valence-corrected chi connectivity index (χ3v) is 4.92. The highest BCUT2D eigenvalue weighted by atomic mass is 127. The summed E-state index contributed by atoms with van der Waals surface area (Å²) in [6.07, 6.45) is 0. The van der Waals surface area contributed by atoms with Gasteiger partial charge in [0, 0.05) is 15.8 Å². The van der Waals surface area contributed by atoms with Gasteiger partial charge in [-0.25, -0.2) is 8.42 Å². The van der Waals surface area contributed by atoms with E-state index in [0.717, 1.165) is 9.13 Å². The van der Waals surface area contributed by atoms with Crippen molar-refractivity contribution in [1.82, 2.24) is 0 Å². The Morgan fingerprint density at radius 3 is 2.62 bits per heavy atom. The first-order valence-corrected chi connectivity index (χ1v) is 8.68. The SMILES string of the molecule is COc1cc(CN)ccc1S(=O)(=O)Nc1cccc(I)c1. The van der Waals surface area contributed by atoms with Crippen molar-refractivity contribution in [1.29, 1.82) is 0 Å². The van der Waals surface area contributed by atoms with Gasteiger partial charge in [-0.05, 0) is 58.5 Å². The van der Waals surface area contributed by atoms with E-state index in [1.807, 2.05) is 6.07 Å². The average Bonchev–Trinajstić information content (AvgIpc) is 2.46. The van der Waals surface area contributed by atoms with E-state index < -0.39 is 10.0 Å². The Labute approximate surface area is 137 Å². The number of halogens is 1.